The number of rotatable bonds is 1. The van der Waals surface area contributed by atoms with Crippen LogP contribution in [0.2, 0.25) is 0 Å². The van der Waals surface area contributed by atoms with Crippen LogP contribution < -0.4 is 10.6 Å². The lowest BCUT2D eigenvalue weighted by molar-refractivity contribution is -0.118. The quantitative estimate of drug-likeness (QED) is 0.849. The average Bonchev–Trinajstić information content (AvgIpc) is 2.69. The van der Waals surface area contributed by atoms with Gasteiger partial charge >= 0.3 is 0 Å². The Morgan fingerprint density at radius 1 is 1.20 bits per heavy atom. The standard InChI is InChI=1S/C14H14N2O2.2ClH/c15-12-6-7-16(14(12)18)13-3-1-2-9-4-5-10(17)8-11(9)13;;/h1-5,8,12,17H,6-7,15H2;2*1H/t12-;;/m1../s1. The molecule has 3 rings (SSSR count). The molecule has 0 bridgehead atoms. The van der Waals surface area contributed by atoms with E-state index in [2.05, 4.69) is 0 Å². The highest BCUT2D eigenvalue weighted by molar-refractivity contribution is 6.07. The van der Waals surface area contributed by atoms with Gasteiger partial charge in [-0.1, -0.05) is 18.2 Å². The van der Waals surface area contributed by atoms with E-state index < -0.39 is 6.04 Å². The van der Waals surface area contributed by atoms with Gasteiger partial charge in [-0.2, -0.15) is 0 Å². The summed E-state index contributed by atoms with van der Waals surface area (Å²) in [7, 11) is 0. The molecular weight excluding hydrogens is 299 g/mol. The summed E-state index contributed by atoms with van der Waals surface area (Å²) in [5.41, 5.74) is 6.56. The van der Waals surface area contributed by atoms with Crippen molar-refractivity contribution < 1.29 is 9.90 Å². The van der Waals surface area contributed by atoms with E-state index in [1.807, 2.05) is 24.3 Å². The number of fused-ring (bicyclic) bond motifs is 1. The summed E-state index contributed by atoms with van der Waals surface area (Å²) in [4.78, 5) is 13.7. The molecule has 3 N–H and O–H groups in total. The van der Waals surface area contributed by atoms with Crippen molar-refractivity contribution in [3.8, 4) is 5.75 Å². The Morgan fingerprint density at radius 2 is 1.95 bits per heavy atom. The number of phenols is 1. The number of aromatic hydroxyl groups is 1. The smallest absolute Gasteiger partial charge is 0.243 e. The predicted molar refractivity (Wildman–Crippen MR) is 85.1 cm³/mol. The molecule has 108 valence electrons. The first kappa shape index (κ1) is 16.6. The third-order valence-electron chi connectivity index (χ3n) is 3.38. The van der Waals surface area contributed by atoms with Crippen LogP contribution in [-0.4, -0.2) is 23.6 Å². The molecule has 1 atom stereocenters. The Morgan fingerprint density at radius 3 is 2.60 bits per heavy atom. The minimum Gasteiger partial charge on any atom is -0.508 e. The van der Waals surface area contributed by atoms with E-state index in [9.17, 15) is 9.90 Å². The fourth-order valence-electron chi connectivity index (χ4n) is 2.42. The van der Waals surface area contributed by atoms with Gasteiger partial charge in [0.1, 0.15) is 5.75 Å². The van der Waals surface area contributed by atoms with Gasteiger partial charge in [0.2, 0.25) is 5.91 Å². The van der Waals surface area contributed by atoms with Crippen LogP contribution in [-0.2, 0) is 4.79 Å². The van der Waals surface area contributed by atoms with Crippen LogP contribution in [0, 0.1) is 0 Å². The SMILES string of the molecule is Cl.Cl.N[C@@H]1CCN(c2cccc3ccc(O)cc23)C1=O. The zero-order chi connectivity index (χ0) is 12.7. The molecule has 6 heteroatoms. The molecule has 0 aromatic heterocycles. The summed E-state index contributed by atoms with van der Waals surface area (Å²) in [6, 6.07) is 10.5. The molecule has 2 aromatic rings. The van der Waals surface area contributed by atoms with Crippen molar-refractivity contribution in [2.75, 3.05) is 11.4 Å². The average molecular weight is 315 g/mol. The van der Waals surface area contributed by atoms with Gasteiger partial charge in [-0.05, 0) is 30.0 Å². The number of hydrogen-bond acceptors (Lipinski definition) is 3. The monoisotopic (exact) mass is 314 g/mol. The Bertz CT molecular complexity index is 634. The molecule has 0 radical (unpaired) electrons. The lowest BCUT2D eigenvalue weighted by Gasteiger charge is -2.18. The molecule has 2 aromatic carbocycles. The van der Waals surface area contributed by atoms with E-state index in [1.54, 1.807) is 17.0 Å². The van der Waals surface area contributed by atoms with Crippen LogP contribution >= 0.6 is 24.8 Å². The molecule has 1 fully saturated rings. The largest absolute Gasteiger partial charge is 0.508 e. The second kappa shape index (κ2) is 6.31. The second-order valence-corrected chi connectivity index (χ2v) is 4.57. The molecule has 4 nitrogen and oxygen atoms in total. The molecule has 1 aliphatic heterocycles. The van der Waals surface area contributed by atoms with Gasteiger partial charge in [0, 0.05) is 11.9 Å². The molecule has 0 saturated carbocycles. The highest BCUT2D eigenvalue weighted by atomic mass is 35.5. The van der Waals surface area contributed by atoms with Gasteiger partial charge in [-0.25, -0.2) is 0 Å². The van der Waals surface area contributed by atoms with Crippen LogP contribution in [0.15, 0.2) is 36.4 Å². The number of hydrogen-bond donors (Lipinski definition) is 2. The van der Waals surface area contributed by atoms with Crippen molar-refractivity contribution >= 4 is 47.2 Å². The summed E-state index contributed by atoms with van der Waals surface area (Å²) < 4.78 is 0. The second-order valence-electron chi connectivity index (χ2n) is 4.57. The molecule has 1 heterocycles. The fraction of sp³-hybridized carbons (Fsp3) is 0.214. The van der Waals surface area contributed by atoms with Crippen LogP contribution in [0.25, 0.3) is 10.8 Å². The van der Waals surface area contributed by atoms with E-state index in [1.165, 1.54) is 0 Å². The molecule has 0 unspecified atom stereocenters. The summed E-state index contributed by atoms with van der Waals surface area (Å²) >= 11 is 0. The maximum atomic E-state index is 12.0. The Balaban J connectivity index is 0.000001000. The van der Waals surface area contributed by atoms with Crippen LogP contribution in [0.4, 0.5) is 5.69 Å². The summed E-state index contributed by atoms with van der Waals surface area (Å²) in [5.74, 6) is 0.150. The van der Waals surface area contributed by atoms with Gasteiger partial charge in [0.25, 0.3) is 0 Å². The maximum absolute atomic E-state index is 12.0. The van der Waals surface area contributed by atoms with Crippen molar-refractivity contribution in [1.29, 1.82) is 0 Å². The van der Waals surface area contributed by atoms with Crippen molar-refractivity contribution in [2.45, 2.75) is 12.5 Å². The first-order valence-electron chi connectivity index (χ1n) is 5.95. The van der Waals surface area contributed by atoms with Crippen LogP contribution in [0.5, 0.6) is 5.75 Å². The summed E-state index contributed by atoms with van der Waals surface area (Å²) in [5, 5.41) is 11.5. The highest BCUT2D eigenvalue weighted by Gasteiger charge is 2.30. The van der Waals surface area contributed by atoms with E-state index in [4.69, 9.17) is 5.73 Å². The van der Waals surface area contributed by atoms with Gasteiger partial charge in [-0.3, -0.25) is 4.79 Å². The predicted octanol–water partition coefficient (Wildman–Crippen LogP) is 2.45. The zero-order valence-electron chi connectivity index (χ0n) is 10.7. The third-order valence-corrected chi connectivity index (χ3v) is 3.38. The highest BCUT2D eigenvalue weighted by Crippen LogP contribution is 2.31. The molecule has 1 aliphatic rings. The van der Waals surface area contributed by atoms with Crippen molar-refractivity contribution in [1.82, 2.24) is 0 Å². The van der Waals surface area contributed by atoms with E-state index in [0.717, 1.165) is 16.5 Å². The van der Waals surface area contributed by atoms with Crippen molar-refractivity contribution in [3.63, 3.8) is 0 Å². The molecule has 20 heavy (non-hydrogen) atoms. The number of nitrogens with two attached hydrogens (primary N) is 1. The minimum atomic E-state index is -0.405. The molecule has 0 aliphatic carbocycles. The van der Waals surface area contributed by atoms with E-state index >= 15 is 0 Å². The number of halogens is 2. The molecule has 0 spiro atoms. The van der Waals surface area contributed by atoms with E-state index in [0.29, 0.717) is 13.0 Å². The number of nitrogens with zero attached hydrogens (tertiary/aromatic N) is 1. The molecular formula is C14H16Cl2N2O2. The lowest BCUT2D eigenvalue weighted by Crippen LogP contribution is -2.34. The minimum absolute atomic E-state index is 0. The first-order chi connectivity index (χ1) is 8.66. The van der Waals surface area contributed by atoms with Crippen LogP contribution in [0.1, 0.15) is 6.42 Å². The van der Waals surface area contributed by atoms with Crippen LogP contribution in [0.3, 0.4) is 0 Å². The third kappa shape index (κ3) is 2.68. The van der Waals surface area contributed by atoms with Gasteiger partial charge in [0.05, 0.1) is 11.7 Å². The number of anilines is 1. The van der Waals surface area contributed by atoms with Gasteiger partial charge in [0.15, 0.2) is 0 Å². The summed E-state index contributed by atoms with van der Waals surface area (Å²) in [6.07, 6.45) is 0.675. The van der Waals surface area contributed by atoms with Crippen molar-refractivity contribution in [2.24, 2.45) is 5.73 Å². The normalized spacial score (nSPS) is 17.8. The number of benzene rings is 2. The number of carbonyl (C=O) groups excluding carboxylic acids is 1. The zero-order valence-corrected chi connectivity index (χ0v) is 12.3. The summed E-state index contributed by atoms with van der Waals surface area (Å²) in [6.45, 7) is 0.634. The Kier molecular flexibility index (Phi) is 5.22. The van der Waals surface area contributed by atoms with E-state index in [-0.39, 0.29) is 36.5 Å². The van der Waals surface area contributed by atoms with Gasteiger partial charge in [-0.15, -0.1) is 24.8 Å². The van der Waals surface area contributed by atoms with Crippen molar-refractivity contribution in [3.05, 3.63) is 36.4 Å². The number of amides is 1. The maximum Gasteiger partial charge on any atom is 0.243 e. The first-order valence-corrected chi connectivity index (χ1v) is 5.95. The Labute approximate surface area is 129 Å². The molecule has 1 amide bonds. The number of phenolic OH excluding ortho intramolecular Hbond substituents is 1. The lowest BCUT2D eigenvalue weighted by atomic mass is 10.1. The Hall–Kier alpha value is -1.49. The number of carbonyl (C=O) groups is 1. The fourth-order valence-corrected chi connectivity index (χ4v) is 2.42. The molecule has 1 saturated heterocycles. The van der Waals surface area contributed by atoms with Gasteiger partial charge < -0.3 is 15.7 Å². The topological polar surface area (TPSA) is 66.6 Å².